The zero-order valence-electron chi connectivity index (χ0n) is 15.5. The van der Waals surface area contributed by atoms with E-state index in [0.717, 1.165) is 0 Å². The molecule has 9 heteroatoms. The number of piperidine rings is 1. The summed E-state index contributed by atoms with van der Waals surface area (Å²) < 4.78 is 32.4. The van der Waals surface area contributed by atoms with E-state index in [4.69, 9.17) is 4.42 Å². The molecule has 0 bridgehead atoms. The van der Waals surface area contributed by atoms with Gasteiger partial charge in [0.2, 0.25) is 15.9 Å². The third-order valence-electron chi connectivity index (χ3n) is 4.68. The van der Waals surface area contributed by atoms with Gasteiger partial charge in [-0.1, -0.05) is 18.2 Å². The van der Waals surface area contributed by atoms with Gasteiger partial charge in [0.1, 0.15) is 12.3 Å². The summed E-state index contributed by atoms with van der Waals surface area (Å²) in [5.41, 5.74) is 0.355. The van der Waals surface area contributed by atoms with Crippen LogP contribution in [0.1, 0.15) is 30.1 Å². The highest BCUT2D eigenvalue weighted by atomic mass is 32.2. The number of carbonyl (C=O) groups excluding carboxylic acids is 2. The monoisotopic (exact) mass is 405 g/mol. The third-order valence-corrected chi connectivity index (χ3v) is 6.22. The molecule has 150 valence electrons. The minimum absolute atomic E-state index is 0.193. The smallest absolute Gasteiger partial charge is 0.255 e. The van der Waals surface area contributed by atoms with Crippen LogP contribution in [0.15, 0.2) is 58.2 Å². The second kappa shape index (κ2) is 8.57. The Labute approximate surface area is 164 Å². The second-order valence-electron chi connectivity index (χ2n) is 6.74. The van der Waals surface area contributed by atoms with Crippen molar-refractivity contribution < 1.29 is 22.4 Å². The predicted molar refractivity (Wildman–Crippen MR) is 102 cm³/mol. The van der Waals surface area contributed by atoms with Crippen molar-refractivity contribution in [2.45, 2.75) is 36.7 Å². The molecule has 0 spiro atoms. The highest BCUT2D eigenvalue weighted by Crippen LogP contribution is 2.16. The molecule has 1 saturated heterocycles. The average molecular weight is 405 g/mol. The van der Waals surface area contributed by atoms with E-state index in [9.17, 15) is 18.0 Å². The number of rotatable bonds is 6. The van der Waals surface area contributed by atoms with Crippen LogP contribution in [0.3, 0.4) is 0 Å². The van der Waals surface area contributed by atoms with Crippen molar-refractivity contribution in [2.24, 2.45) is 0 Å². The third kappa shape index (κ3) is 4.79. The standard InChI is InChI=1S/C19H23N3O5S/c1-14(20-18(23)15-9-12-27-13-15)19(24)22-10-7-16(8-11-22)21-28(25,26)17-5-3-2-4-6-17/h2-6,9,12-14,16,21H,7-8,10-11H2,1H3,(H,20,23). The van der Waals surface area contributed by atoms with Gasteiger partial charge in [0.25, 0.3) is 5.91 Å². The van der Waals surface area contributed by atoms with Gasteiger partial charge in [0.15, 0.2) is 0 Å². The molecule has 0 saturated carbocycles. The fourth-order valence-corrected chi connectivity index (χ4v) is 4.44. The van der Waals surface area contributed by atoms with Crippen molar-refractivity contribution in [1.29, 1.82) is 0 Å². The van der Waals surface area contributed by atoms with Crippen LogP contribution >= 0.6 is 0 Å². The molecule has 1 aliphatic heterocycles. The van der Waals surface area contributed by atoms with Crippen LogP contribution in [0.2, 0.25) is 0 Å². The minimum atomic E-state index is -3.57. The van der Waals surface area contributed by atoms with Crippen molar-refractivity contribution in [2.75, 3.05) is 13.1 Å². The summed E-state index contributed by atoms with van der Waals surface area (Å²) in [4.78, 5) is 26.5. The van der Waals surface area contributed by atoms with Gasteiger partial charge in [-0.05, 0) is 38.0 Å². The van der Waals surface area contributed by atoms with E-state index in [0.29, 0.717) is 31.5 Å². The van der Waals surface area contributed by atoms with Crippen LogP contribution in [0.4, 0.5) is 0 Å². The Morgan fingerprint density at radius 3 is 2.43 bits per heavy atom. The lowest BCUT2D eigenvalue weighted by Gasteiger charge is -2.33. The molecule has 2 amide bonds. The fraction of sp³-hybridized carbons (Fsp3) is 0.368. The molecule has 2 aromatic rings. The van der Waals surface area contributed by atoms with Gasteiger partial charge in [0.05, 0.1) is 16.7 Å². The van der Waals surface area contributed by atoms with E-state index in [1.807, 2.05) is 0 Å². The van der Waals surface area contributed by atoms with E-state index < -0.39 is 16.1 Å². The highest BCUT2D eigenvalue weighted by molar-refractivity contribution is 7.89. The van der Waals surface area contributed by atoms with E-state index in [1.165, 1.54) is 18.6 Å². The Morgan fingerprint density at radius 1 is 1.14 bits per heavy atom. The molecule has 3 rings (SSSR count). The lowest BCUT2D eigenvalue weighted by atomic mass is 10.1. The van der Waals surface area contributed by atoms with Gasteiger partial charge in [-0.15, -0.1) is 0 Å². The summed E-state index contributed by atoms with van der Waals surface area (Å²) in [7, 11) is -3.57. The highest BCUT2D eigenvalue weighted by Gasteiger charge is 2.29. The molecule has 1 aromatic heterocycles. The summed E-state index contributed by atoms with van der Waals surface area (Å²) >= 11 is 0. The van der Waals surface area contributed by atoms with Crippen molar-refractivity contribution in [3.05, 3.63) is 54.5 Å². The number of nitrogens with one attached hydrogen (secondary N) is 2. The van der Waals surface area contributed by atoms with Gasteiger partial charge in [-0.25, -0.2) is 13.1 Å². The van der Waals surface area contributed by atoms with Crippen LogP contribution in [0, 0.1) is 0 Å². The molecule has 1 atom stereocenters. The average Bonchev–Trinajstić information content (AvgIpc) is 3.23. The summed E-state index contributed by atoms with van der Waals surface area (Å²) in [5.74, 6) is -0.568. The Kier molecular flexibility index (Phi) is 6.15. The van der Waals surface area contributed by atoms with E-state index in [2.05, 4.69) is 10.0 Å². The SMILES string of the molecule is CC(NC(=O)c1ccoc1)C(=O)N1CCC(NS(=O)(=O)c2ccccc2)CC1. The topological polar surface area (TPSA) is 109 Å². The van der Waals surface area contributed by atoms with Gasteiger partial charge < -0.3 is 14.6 Å². The van der Waals surface area contributed by atoms with Crippen molar-refractivity contribution in [1.82, 2.24) is 14.9 Å². The Hall–Kier alpha value is -2.65. The maximum absolute atomic E-state index is 12.6. The maximum atomic E-state index is 12.6. The zero-order valence-corrected chi connectivity index (χ0v) is 16.3. The largest absolute Gasteiger partial charge is 0.472 e. The van der Waals surface area contributed by atoms with Crippen molar-refractivity contribution >= 4 is 21.8 Å². The number of furan rings is 1. The number of hydrogen-bond acceptors (Lipinski definition) is 5. The summed E-state index contributed by atoms with van der Waals surface area (Å²) in [6.07, 6.45) is 3.74. The van der Waals surface area contributed by atoms with Crippen LogP contribution < -0.4 is 10.0 Å². The maximum Gasteiger partial charge on any atom is 0.255 e. The first kappa shape index (κ1) is 20.1. The number of nitrogens with zero attached hydrogens (tertiary/aromatic N) is 1. The molecule has 28 heavy (non-hydrogen) atoms. The number of amides is 2. The Bertz CT molecular complexity index is 904. The normalized spacial score (nSPS) is 16.5. The molecule has 0 radical (unpaired) electrons. The lowest BCUT2D eigenvalue weighted by Crippen LogP contribution is -2.52. The van der Waals surface area contributed by atoms with Gasteiger partial charge >= 0.3 is 0 Å². The summed E-state index contributed by atoms with van der Waals surface area (Å²) in [5, 5.41) is 2.65. The first-order valence-electron chi connectivity index (χ1n) is 9.06. The molecule has 1 aliphatic rings. The molecule has 1 unspecified atom stereocenters. The van der Waals surface area contributed by atoms with Gasteiger partial charge in [-0.2, -0.15) is 0 Å². The first-order chi connectivity index (χ1) is 13.4. The zero-order chi connectivity index (χ0) is 20.1. The van der Waals surface area contributed by atoms with Gasteiger partial charge in [0, 0.05) is 19.1 Å². The molecule has 0 aliphatic carbocycles. The second-order valence-corrected chi connectivity index (χ2v) is 8.46. The number of likely N-dealkylation sites (tertiary alicyclic amines) is 1. The number of hydrogen-bond donors (Lipinski definition) is 2. The van der Waals surface area contributed by atoms with Crippen molar-refractivity contribution in [3.63, 3.8) is 0 Å². The van der Waals surface area contributed by atoms with Crippen molar-refractivity contribution in [3.8, 4) is 0 Å². The fourth-order valence-electron chi connectivity index (χ4n) is 3.11. The first-order valence-corrected chi connectivity index (χ1v) is 10.5. The summed E-state index contributed by atoms with van der Waals surface area (Å²) in [6.45, 7) is 2.48. The number of benzene rings is 1. The van der Waals surface area contributed by atoms with Crippen LogP contribution in [0.25, 0.3) is 0 Å². The summed E-state index contributed by atoms with van der Waals surface area (Å²) in [6, 6.07) is 8.82. The van der Waals surface area contributed by atoms with Crippen LogP contribution in [-0.4, -0.2) is 50.3 Å². The quantitative estimate of drug-likeness (QED) is 0.754. The molecular formula is C19H23N3O5S. The molecular weight excluding hydrogens is 382 g/mol. The number of carbonyl (C=O) groups is 2. The lowest BCUT2D eigenvalue weighted by molar-refractivity contribution is -0.133. The van der Waals surface area contributed by atoms with Crippen LogP contribution in [0.5, 0.6) is 0 Å². The Balaban J connectivity index is 1.50. The van der Waals surface area contributed by atoms with E-state index >= 15 is 0 Å². The molecule has 2 N–H and O–H groups in total. The number of sulfonamides is 1. The van der Waals surface area contributed by atoms with E-state index in [-0.39, 0.29) is 22.8 Å². The van der Waals surface area contributed by atoms with E-state index in [1.54, 1.807) is 42.2 Å². The predicted octanol–water partition coefficient (Wildman–Crippen LogP) is 1.37. The van der Waals surface area contributed by atoms with Gasteiger partial charge in [-0.3, -0.25) is 9.59 Å². The minimum Gasteiger partial charge on any atom is -0.472 e. The molecule has 8 nitrogen and oxygen atoms in total. The Morgan fingerprint density at radius 2 is 1.82 bits per heavy atom. The molecule has 1 fully saturated rings. The molecule has 1 aromatic carbocycles. The molecule has 2 heterocycles. The van der Waals surface area contributed by atoms with Crippen LogP contribution in [-0.2, 0) is 14.8 Å².